The largest absolute Gasteiger partial charge is 0.396 e. The van der Waals surface area contributed by atoms with Gasteiger partial charge in [0.2, 0.25) is 0 Å². The lowest BCUT2D eigenvalue weighted by molar-refractivity contribution is 0.112. The topological polar surface area (TPSA) is 42.2 Å². The van der Waals surface area contributed by atoms with Crippen LogP contribution in [0, 0.1) is 0 Å². The standard InChI is InChI=1S/C15H18ClNO2/c16-13-5-6-14-12(11-19)10-17(15(14)9-13)7-3-1-2-4-8-18/h5-6,9-11,18H,1-4,7-8H2. The Morgan fingerprint density at radius 2 is 2.00 bits per heavy atom. The number of rotatable bonds is 7. The molecule has 19 heavy (non-hydrogen) atoms. The second-order valence-corrected chi connectivity index (χ2v) is 5.13. The zero-order valence-electron chi connectivity index (χ0n) is 10.8. The molecule has 1 N–H and O–H groups in total. The Kier molecular flexibility index (Phi) is 5.00. The maximum Gasteiger partial charge on any atom is 0.152 e. The minimum absolute atomic E-state index is 0.261. The molecule has 102 valence electrons. The molecule has 2 aromatic rings. The highest BCUT2D eigenvalue weighted by atomic mass is 35.5. The molecule has 3 nitrogen and oxygen atoms in total. The summed E-state index contributed by atoms with van der Waals surface area (Å²) in [6.07, 6.45) is 6.79. The lowest BCUT2D eigenvalue weighted by Gasteiger charge is -2.05. The second-order valence-electron chi connectivity index (χ2n) is 4.69. The van der Waals surface area contributed by atoms with E-state index < -0.39 is 0 Å². The van der Waals surface area contributed by atoms with Gasteiger partial charge in [0.05, 0.1) is 5.52 Å². The highest BCUT2D eigenvalue weighted by Crippen LogP contribution is 2.24. The molecule has 0 spiro atoms. The number of nitrogens with zero attached hydrogens (tertiary/aromatic N) is 1. The summed E-state index contributed by atoms with van der Waals surface area (Å²) in [6, 6.07) is 5.60. The lowest BCUT2D eigenvalue weighted by atomic mass is 10.2. The SMILES string of the molecule is O=Cc1cn(CCCCCCO)c2cc(Cl)ccc12. The first kappa shape index (κ1) is 14.1. The van der Waals surface area contributed by atoms with Gasteiger partial charge >= 0.3 is 0 Å². The third kappa shape index (κ3) is 3.37. The van der Waals surface area contributed by atoms with Crippen LogP contribution in [0.3, 0.4) is 0 Å². The summed E-state index contributed by atoms with van der Waals surface area (Å²) in [5.41, 5.74) is 1.72. The lowest BCUT2D eigenvalue weighted by Crippen LogP contribution is -1.96. The first-order valence-corrected chi connectivity index (χ1v) is 6.98. The molecule has 0 aliphatic heterocycles. The third-order valence-electron chi connectivity index (χ3n) is 3.31. The fourth-order valence-corrected chi connectivity index (χ4v) is 2.49. The Balaban J connectivity index is 2.13. The monoisotopic (exact) mass is 279 g/mol. The van der Waals surface area contributed by atoms with Crippen LogP contribution in [0.1, 0.15) is 36.0 Å². The number of fused-ring (bicyclic) bond motifs is 1. The summed E-state index contributed by atoms with van der Waals surface area (Å²) in [5, 5.41) is 10.4. The normalized spacial score (nSPS) is 11.1. The first-order chi connectivity index (χ1) is 9.26. The molecule has 0 atom stereocenters. The molecule has 0 bridgehead atoms. The number of carbonyl (C=O) groups excluding carboxylic acids is 1. The molecule has 4 heteroatoms. The van der Waals surface area contributed by atoms with Gasteiger partial charge in [0.25, 0.3) is 0 Å². The summed E-state index contributed by atoms with van der Waals surface area (Å²) < 4.78 is 2.09. The molecular formula is C15H18ClNO2. The maximum absolute atomic E-state index is 11.1. The van der Waals surface area contributed by atoms with Gasteiger partial charge in [0, 0.05) is 35.3 Å². The number of benzene rings is 1. The number of aldehydes is 1. The van der Waals surface area contributed by atoms with Crippen molar-refractivity contribution < 1.29 is 9.90 Å². The van der Waals surface area contributed by atoms with E-state index in [0.29, 0.717) is 10.6 Å². The van der Waals surface area contributed by atoms with Gasteiger partial charge in [-0.15, -0.1) is 0 Å². The van der Waals surface area contributed by atoms with Crippen LogP contribution in [0.4, 0.5) is 0 Å². The molecule has 0 fully saturated rings. The van der Waals surface area contributed by atoms with Crippen LogP contribution in [-0.4, -0.2) is 22.6 Å². The van der Waals surface area contributed by atoms with Crippen LogP contribution >= 0.6 is 11.6 Å². The average Bonchev–Trinajstić information content (AvgIpc) is 2.76. The fourth-order valence-electron chi connectivity index (χ4n) is 2.32. The van der Waals surface area contributed by atoms with Crippen molar-refractivity contribution in [3.05, 3.63) is 35.0 Å². The Bertz CT molecular complexity index is 563. The van der Waals surface area contributed by atoms with Gasteiger partial charge in [-0.25, -0.2) is 0 Å². The van der Waals surface area contributed by atoms with E-state index in [1.54, 1.807) is 0 Å². The van der Waals surface area contributed by atoms with Crippen molar-refractivity contribution in [3.63, 3.8) is 0 Å². The number of hydrogen-bond acceptors (Lipinski definition) is 2. The number of aliphatic hydroxyl groups excluding tert-OH is 1. The number of hydrogen-bond donors (Lipinski definition) is 1. The van der Waals surface area contributed by atoms with Crippen LogP contribution in [0.2, 0.25) is 5.02 Å². The van der Waals surface area contributed by atoms with E-state index >= 15 is 0 Å². The van der Waals surface area contributed by atoms with E-state index in [9.17, 15) is 4.79 Å². The molecule has 0 aliphatic rings. The van der Waals surface area contributed by atoms with Crippen molar-refractivity contribution in [1.29, 1.82) is 0 Å². The molecule has 0 unspecified atom stereocenters. The Hall–Kier alpha value is -1.32. The fraction of sp³-hybridized carbons (Fsp3) is 0.400. The zero-order chi connectivity index (χ0) is 13.7. The average molecular weight is 280 g/mol. The highest BCUT2D eigenvalue weighted by molar-refractivity contribution is 6.31. The minimum Gasteiger partial charge on any atom is -0.396 e. The van der Waals surface area contributed by atoms with E-state index in [0.717, 1.165) is 49.4 Å². The quantitative estimate of drug-likeness (QED) is 0.621. The van der Waals surface area contributed by atoms with E-state index in [2.05, 4.69) is 4.57 Å². The summed E-state index contributed by atoms with van der Waals surface area (Å²) in [5.74, 6) is 0. The predicted octanol–water partition coefficient (Wildman–Crippen LogP) is 3.66. The molecule has 0 saturated heterocycles. The molecule has 0 saturated carbocycles. The Morgan fingerprint density at radius 1 is 1.21 bits per heavy atom. The Morgan fingerprint density at radius 3 is 2.74 bits per heavy atom. The van der Waals surface area contributed by atoms with Crippen LogP contribution in [-0.2, 0) is 6.54 Å². The van der Waals surface area contributed by atoms with Crippen molar-refractivity contribution in [2.24, 2.45) is 0 Å². The van der Waals surface area contributed by atoms with Gasteiger partial charge in [-0.1, -0.05) is 30.5 Å². The van der Waals surface area contributed by atoms with Crippen molar-refractivity contribution in [2.75, 3.05) is 6.61 Å². The van der Waals surface area contributed by atoms with Crippen molar-refractivity contribution in [3.8, 4) is 0 Å². The molecule has 0 radical (unpaired) electrons. The predicted molar refractivity (Wildman–Crippen MR) is 77.9 cm³/mol. The van der Waals surface area contributed by atoms with Gasteiger partial charge in [-0.3, -0.25) is 4.79 Å². The third-order valence-corrected chi connectivity index (χ3v) is 3.54. The summed E-state index contributed by atoms with van der Waals surface area (Å²) in [6.45, 7) is 1.13. The molecule has 1 aromatic heterocycles. The first-order valence-electron chi connectivity index (χ1n) is 6.60. The summed E-state index contributed by atoms with van der Waals surface area (Å²) >= 11 is 6.02. The highest BCUT2D eigenvalue weighted by Gasteiger charge is 2.08. The number of carbonyl (C=O) groups is 1. The molecular weight excluding hydrogens is 262 g/mol. The van der Waals surface area contributed by atoms with Crippen molar-refractivity contribution >= 4 is 28.8 Å². The summed E-state index contributed by atoms with van der Waals surface area (Å²) in [7, 11) is 0. The Labute approximate surface area is 117 Å². The molecule has 0 aliphatic carbocycles. The summed E-state index contributed by atoms with van der Waals surface area (Å²) in [4.78, 5) is 11.1. The van der Waals surface area contributed by atoms with Crippen LogP contribution in [0.25, 0.3) is 10.9 Å². The van der Waals surface area contributed by atoms with Crippen molar-refractivity contribution in [2.45, 2.75) is 32.2 Å². The number of aryl methyl sites for hydroxylation is 1. The van der Waals surface area contributed by atoms with E-state index in [1.165, 1.54) is 0 Å². The van der Waals surface area contributed by atoms with E-state index in [4.69, 9.17) is 16.7 Å². The van der Waals surface area contributed by atoms with Crippen LogP contribution < -0.4 is 0 Å². The van der Waals surface area contributed by atoms with Crippen LogP contribution in [0.5, 0.6) is 0 Å². The number of aromatic nitrogens is 1. The number of unbranched alkanes of at least 4 members (excludes halogenated alkanes) is 3. The zero-order valence-corrected chi connectivity index (χ0v) is 11.6. The molecule has 0 amide bonds. The van der Waals surface area contributed by atoms with Gasteiger partial charge in [-0.05, 0) is 25.0 Å². The second kappa shape index (κ2) is 6.73. The minimum atomic E-state index is 0.261. The van der Waals surface area contributed by atoms with Gasteiger partial charge < -0.3 is 9.67 Å². The van der Waals surface area contributed by atoms with Gasteiger partial charge in [0.15, 0.2) is 6.29 Å². The van der Waals surface area contributed by atoms with Gasteiger partial charge in [-0.2, -0.15) is 0 Å². The maximum atomic E-state index is 11.1. The molecule has 2 rings (SSSR count). The number of aliphatic hydroxyl groups is 1. The number of halogens is 1. The smallest absolute Gasteiger partial charge is 0.152 e. The van der Waals surface area contributed by atoms with Gasteiger partial charge in [0.1, 0.15) is 0 Å². The molecule has 1 heterocycles. The van der Waals surface area contributed by atoms with E-state index in [1.807, 2.05) is 24.4 Å². The van der Waals surface area contributed by atoms with E-state index in [-0.39, 0.29) is 6.61 Å². The van der Waals surface area contributed by atoms with Crippen molar-refractivity contribution in [1.82, 2.24) is 4.57 Å². The molecule has 1 aromatic carbocycles. The van der Waals surface area contributed by atoms with Crippen LogP contribution in [0.15, 0.2) is 24.4 Å².